The van der Waals surface area contributed by atoms with Crippen LogP contribution in [0.1, 0.15) is 51.3 Å². The summed E-state index contributed by atoms with van der Waals surface area (Å²) < 4.78 is 0.952. The summed E-state index contributed by atoms with van der Waals surface area (Å²) in [5.74, 6) is 3.37. The van der Waals surface area contributed by atoms with Gasteiger partial charge in [-0.15, -0.1) is 0 Å². The summed E-state index contributed by atoms with van der Waals surface area (Å²) in [7, 11) is 0. The van der Waals surface area contributed by atoms with E-state index in [1.165, 1.54) is 25.7 Å². The summed E-state index contributed by atoms with van der Waals surface area (Å²) in [5, 5.41) is 3.27. The molecule has 1 N–H and O–H groups in total. The second-order valence-corrected chi connectivity index (χ2v) is 5.59. The van der Waals surface area contributed by atoms with Gasteiger partial charge in [-0.05, 0) is 48.0 Å². The molecule has 17 heavy (non-hydrogen) atoms. The molecule has 0 aromatic carbocycles. The van der Waals surface area contributed by atoms with Gasteiger partial charge in [-0.25, -0.2) is 9.97 Å². The summed E-state index contributed by atoms with van der Waals surface area (Å²) >= 11 is 3.48. The average Bonchev–Trinajstić information content (AvgIpc) is 2.81. The van der Waals surface area contributed by atoms with Crippen molar-refractivity contribution in [3.05, 3.63) is 16.5 Å². The van der Waals surface area contributed by atoms with Gasteiger partial charge in [-0.2, -0.15) is 0 Å². The lowest BCUT2D eigenvalue weighted by molar-refractivity contribution is 0.516. The second kappa shape index (κ2) is 5.80. The Morgan fingerprint density at radius 3 is 2.88 bits per heavy atom. The Bertz CT molecular complexity index is 381. The number of anilines is 1. The molecule has 0 amide bonds. The summed E-state index contributed by atoms with van der Waals surface area (Å²) in [6, 6.07) is 0. The fourth-order valence-electron chi connectivity index (χ4n) is 2.55. The van der Waals surface area contributed by atoms with Crippen LogP contribution in [-0.4, -0.2) is 16.5 Å². The number of hydrogen-bond acceptors (Lipinski definition) is 3. The fourth-order valence-corrected chi connectivity index (χ4v) is 2.88. The van der Waals surface area contributed by atoms with Crippen molar-refractivity contribution in [1.29, 1.82) is 0 Å². The quantitative estimate of drug-likeness (QED) is 0.914. The van der Waals surface area contributed by atoms with Crippen LogP contribution in [0, 0.1) is 5.92 Å². The maximum atomic E-state index is 4.64. The van der Waals surface area contributed by atoms with Crippen molar-refractivity contribution in [1.82, 2.24) is 9.97 Å². The Kier molecular flexibility index (Phi) is 4.37. The lowest BCUT2D eigenvalue weighted by atomic mass is 10.0. The Morgan fingerprint density at radius 1 is 1.41 bits per heavy atom. The van der Waals surface area contributed by atoms with Crippen LogP contribution < -0.4 is 5.32 Å². The molecule has 94 valence electrons. The van der Waals surface area contributed by atoms with Gasteiger partial charge in [0, 0.05) is 18.7 Å². The largest absolute Gasteiger partial charge is 0.369 e. The minimum atomic E-state index is 0.561. The molecule has 1 aromatic heterocycles. The minimum Gasteiger partial charge on any atom is -0.369 e. The van der Waals surface area contributed by atoms with Crippen LogP contribution >= 0.6 is 15.9 Å². The van der Waals surface area contributed by atoms with Crippen molar-refractivity contribution < 1.29 is 0 Å². The van der Waals surface area contributed by atoms with E-state index in [1.807, 2.05) is 6.20 Å². The van der Waals surface area contributed by atoms with Crippen molar-refractivity contribution in [2.45, 2.75) is 45.4 Å². The van der Waals surface area contributed by atoms with Gasteiger partial charge >= 0.3 is 0 Å². The van der Waals surface area contributed by atoms with Gasteiger partial charge in [0.2, 0.25) is 0 Å². The molecule has 3 nitrogen and oxygen atoms in total. The first kappa shape index (κ1) is 12.8. The van der Waals surface area contributed by atoms with Gasteiger partial charge in [0.05, 0.1) is 4.47 Å². The van der Waals surface area contributed by atoms with E-state index < -0.39 is 0 Å². The number of nitrogens with one attached hydrogen (secondary N) is 1. The van der Waals surface area contributed by atoms with E-state index in [0.29, 0.717) is 5.92 Å². The molecule has 4 heteroatoms. The first-order chi connectivity index (χ1) is 8.24. The van der Waals surface area contributed by atoms with E-state index in [-0.39, 0.29) is 0 Å². The SMILES string of the molecule is CCNc1nc(C2CCC(CC)C2)ncc1Br. The number of rotatable bonds is 4. The third-order valence-electron chi connectivity index (χ3n) is 3.59. The highest BCUT2D eigenvalue weighted by molar-refractivity contribution is 9.10. The maximum absolute atomic E-state index is 4.64. The van der Waals surface area contributed by atoms with Gasteiger partial charge < -0.3 is 5.32 Å². The number of aromatic nitrogens is 2. The highest BCUT2D eigenvalue weighted by Gasteiger charge is 2.26. The van der Waals surface area contributed by atoms with Crippen molar-refractivity contribution in [2.24, 2.45) is 5.92 Å². The number of halogens is 1. The summed E-state index contributed by atoms with van der Waals surface area (Å²) in [6.07, 6.45) is 6.99. The zero-order chi connectivity index (χ0) is 12.3. The monoisotopic (exact) mass is 297 g/mol. The third kappa shape index (κ3) is 2.97. The predicted molar refractivity (Wildman–Crippen MR) is 74.3 cm³/mol. The summed E-state index contributed by atoms with van der Waals surface area (Å²) in [4.78, 5) is 9.12. The van der Waals surface area contributed by atoms with Gasteiger partial charge in [0.25, 0.3) is 0 Å². The lowest BCUT2D eigenvalue weighted by Crippen LogP contribution is -2.07. The fraction of sp³-hybridized carbons (Fsp3) is 0.692. The molecule has 0 aliphatic heterocycles. The van der Waals surface area contributed by atoms with Crippen molar-refractivity contribution >= 4 is 21.7 Å². The molecule has 0 bridgehead atoms. The predicted octanol–water partition coefficient (Wildman–Crippen LogP) is 3.96. The van der Waals surface area contributed by atoms with Gasteiger partial charge in [0.15, 0.2) is 0 Å². The maximum Gasteiger partial charge on any atom is 0.144 e. The summed E-state index contributed by atoms with van der Waals surface area (Å²) in [5.41, 5.74) is 0. The molecule has 1 fully saturated rings. The van der Waals surface area contributed by atoms with Crippen LogP contribution in [-0.2, 0) is 0 Å². The molecule has 1 aromatic rings. The van der Waals surface area contributed by atoms with Gasteiger partial charge in [-0.1, -0.05) is 13.3 Å². The Labute approximate surface area is 112 Å². The van der Waals surface area contributed by atoms with E-state index in [0.717, 1.165) is 28.6 Å². The Balaban J connectivity index is 2.13. The van der Waals surface area contributed by atoms with Crippen LogP contribution in [0.25, 0.3) is 0 Å². The van der Waals surface area contributed by atoms with Crippen LogP contribution in [0.2, 0.25) is 0 Å². The Hall–Kier alpha value is -0.640. The highest BCUT2D eigenvalue weighted by Crippen LogP contribution is 2.38. The van der Waals surface area contributed by atoms with Crippen molar-refractivity contribution in [3.8, 4) is 0 Å². The van der Waals surface area contributed by atoms with Crippen LogP contribution in [0.5, 0.6) is 0 Å². The zero-order valence-corrected chi connectivity index (χ0v) is 12.1. The van der Waals surface area contributed by atoms with Crippen LogP contribution in [0.4, 0.5) is 5.82 Å². The van der Waals surface area contributed by atoms with Gasteiger partial charge in [-0.3, -0.25) is 0 Å². The van der Waals surface area contributed by atoms with E-state index >= 15 is 0 Å². The molecule has 0 saturated heterocycles. The van der Waals surface area contributed by atoms with Crippen molar-refractivity contribution in [2.75, 3.05) is 11.9 Å². The highest BCUT2D eigenvalue weighted by atomic mass is 79.9. The van der Waals surface area contributed by atoms with Crippen molar-refractivity contribution in [3.63, 3.8) is 0 Å². The van der Waals surface area contributed by atoms with E-state index in [2.05, 4.69) is 45.1 Å². The molecule has 1 aliphatic rings. The molecular weight excluding hydrogens is 278 g/mol. The minimum absolute atomic E-state index is 0.561. The molecule has 0 spiro atoms. The van der Waals surface area contributed by atoms with E-state index in [1.54, 1.807) is 0 Å². The molecule has 1 heterocycles. The smallest absolute Gasteiger partial charge is 0.144 e. The summed E-state index contributed by atoms with van der Waals surface area (Å²) in [6.45, 7) is 5.24. The van der Waals surface area contributed by atoms with E-state index in [9.17, 15) is 0 Å². The second-order valence-electron chi connectivity index (χ2n) is 4.74. The lowest BCUT2D eigenvalue weighted by Gasteiger charge is -2.11. The molecule has 2 rings (SSSR count). The molecule has 1 aliphatic carbocycles. The van der Waals surface area contributed by atoms with Gasteiger partial charge in [0.1, 0.15) is 11.6 Å². The molecular formula is C13H20BrN3. The Morgan fingerprint density at radius 2 is 2.24 bits per heavy atom. The first-order valence-corrected chi connectivity index (χ1v) is 7.30. The first-order valence-electron chi connectivity index (χ1n) is 6.50. The molecule has 0 radical (unpaired) electrons. The average molecular weight is 298 g/mol. The van der Waals surface area contributed by atoms with Crippen LogP contribution in [0.15, 0.2) is 10.7 Å². The molecule has 1 saturated carbocycles. The zero-order valence-electron chi connectivity index (χ0n) is 10.5. The topological polar surface area (TPSA) is 37.8 Å². The van der Waals surface area contributed by atoms with E-state index in [4.69, 9.17) is 0 Å². The molecule has 2 atom stereocenters. The number of hydrogen-bond donors (Lipinski definition) is 1. The number of nitrogens with zero attached hydrogens (tertiary/aromatic N) is 2. The normalized spacial score (nSPS) is 23.9. The molecule has 2 unspecified atom stereocenters. The standard InChI is InChI=1S/C13H20BrN3/c1-3-9-5-6-10(7-9)12-16-8-11(14)13(17-12)15-4-2/h8-10H,3-7H2,1-2H3,(H,15,16,17). The third-order valence-corrected chi connectivity index (χ3v) is 4.17. The van der Waals surface area contributed by atoms with Crippen LogP contribution in [0.3, 0.4) is 0 Å².